The van der Waals surface area contributed by atoms with Gasteiger partial charge < -0.3 is 19.9 Å². The molecule has 0 radical (unpaired) electrons. The summed E-state index contributed by atoms with van der Waals surface area (Å²) in [5.41, 5.74) is -0.267. The van der Waals surface area contributed by atoms with Crippen LogP contribution in [0.3, 0.4) is 0 Å². The third-order valence-electron chi connectivity index (χ3n) is 4.90. The van der Waals surface area contributed by atoms with Crippen LogP contribution < -0.4 is 11.2 Å². The van der Waals surface area contributed by atoms with Gasteiger partial charge in [-0.05, 0) is 19.9 Å². The number of fused-ring (bicyclic) bond motifs is 2. The van der Waals surface area contributed by atoms with Gasteiger partial charge in [-0.3, -0.25) is 18.9 Å². The lowest BCUT2D eigenvalue weighted by molar-refractivity contribution is -0.000142. The van der Waals surface area contributed by atoms with Crippen molar-refractivity contribution in [2.45, 2.75) is 32.6 Å². The molecule has 4 rings (SSSR count). The Hall–Kier alpha value is -3.77. The number of aromatic amines is 2. The number of para-hydroxylation sites is 1. The Bertz CT molecular complexity index is 1430. The van der Waals surface area contributed by atoms with E-state index in [1.807, 2.05) is 19.9 Å². The van der Waals surface area contributed by atoms with Gasteiger partial charge >= 0.3 is 5.69 Å². The fourth-order valence-electron chi connectivity index (χ4n) is 3.35. The molecule has 0 aliphatic heterocycles. The van der Waals surface area contributed by atoms with E-state index in [-0.39, 0.29) is 47.9 Å². The summed E-state index contributed by atoms with van der Waals surface area (Å²) in [7, 11) is 1.46. The highest BCUT2D eigenvalue weighted by molar-refractivity contribution is 5.94. The van der Waals surface area contributed by atoms with Crippen LogP contribution in [0.2, 0.25) is 0 Å². The summed E-state index contributed by atoms with van der Waals surface area (Å²) in [5, 5.41) is 29.6. The summed E-state index contributed by atoms with van der Waals surface area (Å²) >= 11 is 0. The first-order chi connectivity index (χ1) is 15.3. The first-order valence-corrected chi connectivity index (χ1v) is 9.97. The van der Waals surface area contributed by atoms with Crippen molar-refractivity contribution in [2.75, 3.05) is 6.61 Å². The van der Waals surface area contributed by atoms with Gasteiger partial charge in [0.05, 0.1) is 30.9 Å². The summed E-state index contributed by atoms with van der Waals surface area (Å²) in [6, 6.07) is 7.16. The molecule has 4 N–H and O–H groups in total. The average molecular weight is 441 g/mol. The Morgan fingerprint density at radius 1 is 1.19 bits per heavy atom. The summed E-state index contributed by atoms with van der Waals surface area (Å²) in [4.78, 5) is 33.9. The quantitative estimate of drug-likeness (QED) is 0.320. The number of aromatic hydroxyl groups is 1. The number of nitrogens with one attached hydrogen (secondary N) is 2. The lowest BCUT2D eigenvalue weighted by atomic mass is 10.2. The number of H-pyrrole nitrogens is 2. The van der Waals surface area contributed by atoms with Crippen LogP contribution in [0.15, 0.2) is 44.1 Å². The third kappa shape index (κ3) is 3.92. The second-order valence-electron chi connectivity index (χ2n) is 7.62. The predicted molar refractivity (Wildman–Crippen MR) is 117 cm³/mol. The standard InChI is InChI=1S/C20H23N7O5/c1-10(2)32-9-11(28)8-27-15-16(26(3)20(31)23-18(15)30)22-19(27)25-24-14-12-6-4-5-7-13(12)21-17(14)29/h4-7,10-11,21,28-29H,8-9H2,1-3H3,(H,23,30,31)/t11-/m0/s1. The van der Waals surface area contributed by atoms with Crippen LogP contribution in [0, 0.1) is 0 Å². The van der Waals surface area contributed by atoms with Crippen molar-refractivity contribution in [3.05, 3.63) is 45.1 Å². The molecule has 12 nitrogen and oxygen atoms in total. The first kappa shape index (κ1) is 21.5. The molecule has 32 heavy (non-hydrogen) atoms. The summed E-state index contributed by atoms with van der Waals surface area (Å²) in [5.74, 6) is -0.187. The molecule has 1 atom stereocenters. The Kier molecular flexibility index (Phi) is 5.63. The number of aryl methyl sites for hydroxylation is 1. The maximum Gasteiger partial charge on any atom is 0.329 e. The Morgan fingerprint density at radius 3 is 2.69 bits per heavy atom. The van der Waals surface area contributed by atoms with Gasteiger partial charge in [-0.25, -0.2) is 4.79 Å². The number of aliphatic hydroxyl groups is 1. The number of aromatic nitrogens is 5. The van der Waals surface area contributed by atoms with Crippen LogP contribution >= 0.6 is 0 Å². The minimum atomic E-state index is -0.970. The van der Waals surface area contributed by atoms with Gasteiger partial charge in [-0.15, -0.1) is 10.2 Å². The third-order valence-corrected chi connectivity index (χ3v) is 4.90. The van der Waals surface area contributed by atoms with Gasteiger partial charge in [0.2, 0.25) is 5.88 Å². The number of benzene rings is 1. The summed E-state index contributed by atoms with van der Waals surface area (Å²) in [6.45, 7) is 3.64. The highest BCUT2D eigenvalue weighted by atomic mass is 16.5. The molecular weight excluding hydrogens is 418 g/mol. The number of rotatable bonds is 7. The van der Waals surface area contributed by atoms with Gasteiger partial charge in [0.15, 0.2) is 16.9 Å². The van der Waals surface area contributed by atoms with Crippen molar-refractivity contribution < 1.29 is 14.9 Å². The Balaban J connectivity index is 1.82. The van der Waals surface area contributed by atoms with Gasteiger partial charge in [0.25, 0.3) is 11.5 Å². The zero-order valence-electron chi connectivity index (χ0n) is 17.7. The molecule has 0 fully saturated rings. The number of hydrogen-bond acceptors (Lipinski definition) is 8. The van der Waals surface area contributed by atoms with Gasteiger partial charge in [-0.1, -0.05) is 18.2 Å². The van der Waals surface area contributed by atoms with Crippen LogP contribution in [0.1, 0.15) is 13.8 Å². The molecule has 0 aliphatic carbocycles. The largest absolute Gasteiger partial charge is 0.493 e. The van der Waals surface area contributed by atoms with Crippen molar-refractivity contribution in [1.82, 2.24) is 24.1 Å². The smallest absolute Gasteiger partial charge is 0.329 e. The second kappa shape index (κ2) is 8.40. The van der Waals surface area contributed by atoms with Crippen molar-refractivity contribution in [3.63, 3.8) is 0 Å². The molecule has 0 bridgehead atoms. The first-order valence-electron chi connectivity index (χ1n) is 9.97. The van der Waals surface area contributed by atoms with E-state index in [0.717, 1.165) is 0 Å². The molecule has 4 aromatic rings. The van der Waals surface area contributed by atoms with E-state index in [0.29, 0.717) is 10.9 Å². The molecule has 0 aliphatic rings. The van der Waals surface area contributed by atoms with Crippen LogP contribution in [0.4, 0.5) is 11.6 Å². The minimum absolute atomic E-state index is 0.0139. The normalized spacial score (nSPS) is 13.2. The Labute approximate surface area is 180 Å². The van der Waals surface area contributed by atoms with Crippen LogP contribution in [0.25, 0.3) is 22.1 Å². The average Bonchev–Trinajstić information content (AvgIpc) is 3.26. The van der Waals surface area contributed by atoms with Crippen LogP contribution in [0.5, 0.6) is 5.88 Å². The summed E-state index contributed by atoms with van der Waals surface area (Å²) < 4.78 is 7.99. The predicted octanol–water partition coefficient (Wildman–Crippen LogP) is 1.81. The van der Waals surface area contributed by atoms with E-state index < -0.39 is 17.4 Å². The molecule has 0 amide bonds. The molecule has 0 saturated heterocycles. The molecule has 12 heteroatoms. The summed E-state index contributed by atoms with van der Waals surface area (Å²) in [6.07, 6.45) is -1.06. The SMILES string of the molecule is CC(C)OC[C@@H](O)Cn1c(N=Nc2c(O)[nH]c3ccccc23)nc2c1c(=O)[nH]c(=O)n2C. The van der Waals surface area contributed by atoms with Gasteiger partial charge in [-0.2, -0.15) is 4.98 Å². The molecule has 0 saturated carbocycles. The molecular formula is C20H23N7O5. The second-order valence-corrected chi connectivity index (χ2v) is 7.62. The van der Waals surface area contributed by atoms with E-state index in [4.69, 9.17) is 4.74 Å². The number of azo groups is 1. The number of hydrogen-bond donors (Lipinski definition) is 4. The topological polar surface area (TPSA) is 163 Å². The van der Waals surface area contributed by atoms with Crippen molar-refractivity contribution in [3.8, 4) is 5.88 Å². The lowest BCUT2D eigenvalue weighted by Gasteiger charge is -2.15. The highest BCUT2D eigenvalue weighted by Gasteiger charge is 2.20. The maximum atomic E-state index is 12.5. The van der Waals surface area contributed by atoms with Crippen molar-refractivity contribution >= 4 is 33.7 Å². The van der Waals surface area contributed by atoms with Crippen LogP contribution in [-0.4, -0.2) is 53.1 Å². The Morgan fingerprint density at radius 2 is 1.94 bits per heavy atom. The monoisotopic (exact) mass is 441 g/mol. The highest BCUT2D eigenvalue weighted by Crippen LogP contribution is 2.36. The number of aliphatic hydroxyl groups excluding tert-OH is 1. The number of ether oxygens (including phenoxy) is 1. The van der Waals surface area contributed by atoms with E-state index >= 15 is 0 Å². The lowest BCUT2D eigenvalue weighted by Crippen LogP contribution is -2.30. The molecule has 3 heterocycles. The van der Waals surface area contributed by atoms with Crippen LogP contribution in [-0.2, 0) is 18.3 Å². The minimum Gasteiger partial charge on any atom is -0.493 e. The fraction of sp³-hybridized carbons (Fsp3) is 0.350. The fourth-order valence-corrected chi connectivity index (χ4v) is 3.35. The van der Waals surface area contributed by atoms with E-state index in [2.05, 4.69) is 25.2 Å². The van der Waals surface area contributed by atoms with E-state index in [1.54, 1.807) is 18.2 Å². The molecule has 0 unspecified atom stereocenters. The maximum absolute atomic E-state index is 12.5. The molecule has 3 aromatic heterocycles. The van der Waals surface area contributed by atoms with E-state index in [9.17, 15) is 19.8 Å². The van der Waals surface area contributed by atoms with Gasteiger partial charge in [0.1, 0.15) is 0 Å². The zero-order valence-corrected chi connectivity index (χ0v) is 17.7. The number of imidazole rings is 1. The van der Waals surface area contributed by atoms with Gasteiger partial charge in [0, 0.05) is 12.4 Å². The van der Waals surface area contributed by atoms with Crippen molar-refractivity contribution in [1.29, 1.82) is 0 Å². The molecule has 168 valence electrons. The van der Waals surface area contributed by atoms with Crippen molar-refractivity contribution in [2.24, 2.45) is 17.3 Å². The molecule has 1 aromatic carbocycles. The molecule has 0 spiro atoms. The zero-order chi connectivity index (χ0) is 23.0. The number of nitrogens with zero attached hydrogens (tertiary/aromatic N) is 5. The van der Waals surface area contributed by atoms with E-state index in [1.165, 1.54) is 16.2 Å².